The number of rotatable bonds is 6. The molecule has 194 valence electrons. The number of likely N-dealkylation sites (N-methyl/N-ethyl adjacent to an activating group) is 1. The molecule has 9 nitrogen and oxygen atoms in total. The van der Waals surface area contributed by atoms with Crippen LogP contribution in [-0.4, -0.2) is 67.1 Å². The van der Waals surface area contributed by atoms with Crippen molar-refractivity contribution in [3.63, 3.8) is 0 Å². The fourth-order valence-corrected chi connectivity index (χ4v) is 4.67. The molecule has 1 aromatic carbocycles. The Morgan fingerprint density at radius 1 is 1.14 bits per heavy atom. The molecule has 5 rings (SSSR count). The molecule has 2 atom stereocenters. The topological polar surface area (TPSA) is 94.7 Å². The number of nitrogens with zero attached hydrogens (tertiary/aromatic N) is 4. The van der Waals surface area contributed by atoms with E-state index in [1.807, 2.05) is 24.3 Å². The van der Waals surface area contributed by atoms with E-state index in [4.69, 9.17) is 4.74 Å². The summed E-state index contributed by atoms with van der Waals surface area (Å²) in [5, 5.41) is 8.57. The summed E-state index contributed by atoms with van der Waals surface area (Å²) in [4.78, 5) is 25.7. The van der Waals surface area contributed by atoms with E-state index >= 15 is 4.39 Å². The number of carbonyl (C=O) groups excluding carboxylic acids is 1. The molecule has 0 saturated carbocycles. The zero-order chi connectivity index (χ0) is 26.1. The van der Waals surface area contributed by atoms with E-state index < -0.39 is 29.5 Å². The highest BCUT2D eigenvalue weighted by Gasteiger charge is 2.38. The molecule has 2 aromatic rings. The van der Waals surface area contributed by atoms with Crippen LogP contribution < -0.4 is 25.6 Å². The largest absolute Gasteiger partial charge is 0.435 e. The van der Waals surface area contributed by atoms with Crippen molar-refractivity contribution in [1.29, 1.82) is 0 Å². The highest BCUT2D eigenvalue weighted by atomic mass is 19.1. The third-order valence-corrected chi connectivity index (χ3v) is 6.74. The second kappa shape index (κ2) is 10.2. The van der Waals surface area contributed by atoms with Gasteiger partial charge in [0.2, 0.25) is 5.88 Å². The number of amides is 1. The Labute approximate surface area is 213 Å². The molecule has 37 heavy (non-hydrogen) atoms. The van der Waals surface area contributed by atoms with Crippen molar-refractivity contribution in [2.45, 2.75) is 13.0 Å². The Morgan fingerprint density at radius 2 is 1.86 bits per heavy atom. The SMILES string of the molecule is CNC(=O)c1c(Nc2ccc(N3CCN(C)CC3)cc2)ncnc1OC1=C(F)C2C=C(C)NC2C(F)=C1. The lowest BCUT2D eigenvalue weighted by atomic mass is 9.94. The molecule has 0 spiro atoms. The summed E-state index contributed by atoms with van der Waals surface area (Å²) in [7, 11) is 3.57. The predicted molar refractivity (Wildman–Crippen MR) is 137 cm³/mol. The van der Waals surface area contributed by atoms with E-state index in [0.717, 1.165) is 37.9 Å². The van der Waals surface area contributed by atoms with E-state index in [1.54, 1.807) is 13.0 Å². The van der Waals surface area contributed by atoms with Gasteiger partial charge in [0, 0.05) is 56.4 Å². The van der Waals surface area contributed by atoms with Crippen molar-refractivity contribution in [3.05, 3.63) is 71.4 Å². The Kier molecular flexibility index (Phi) is 6.79. The molecular weight excluding hydrogens is 480 g/mol. The first kappa shape index (κ1) is 24.7. The molecule has 2 aliphatic heterocycles. The van der Waals surface area contributed by atoms with Crippen LogP contribution in [-0.2, 0) is 0 Å². The summed E-state index contributed by atoms with van der Waals surface area (Å²) in [6, 6.07) is 6.99. The Bertz CT molecular complexity index is 1280. The summed E-state index contributed by atoms with van der Waals surface area (Å²) >= 11 is 0. The zero-order valence-electron chi connectivity index (χ0n) is 20.9. The molecule has 3 heterocycles. The summed E-state index contributed by atoms with van der Waals surface area (Å²) < 4.78 is 35.6. The van der Waals surface area contributed by atoms with Gasteiger partial charge < -0.3 is 30.5 Å². The predicted octanol–water partition coefficient (Wildman–Crippen LogP) is 3.25. The van der Waals surface area contributed by atoms with Crippen LogP contribution in [0.4, 0.5) is 26.0 Å². The maximum absolute atomic E-state index is 15.2. The van der Waals surface area contributed by atoms with Crippen LogP contribution in [0.5, 0.6) is 5.88 Å². The van der Waals surface area contributed by atoms with Crippen molar-refractivity contribution >= 4 is 23.1 Å². The van der Waals surface area contributed by atoms with Gasteiger partial charge in [-0.1, -0.05) is 6.08 Å². The van der Waals surface area contributed by atoms with Crippen LogP contribution in [0.3, 0.4) is 0 Å². The van der Waals surface area contributed by atoms with Crippen molar-refractivity contribution in [3.8, 4) is 5.88 Å². The molecule has 1 amide bonds. The quantitative estimate of drug-likeness (QED) is 0.547. The van der Waals surface area contributed by atoms with Gasteiger partial charge in [-0.3, -0.25) is 4.79 Å². The van der Waals surface area contributed by atoms with Crippen molar-refractivity contribution in [2.75, 3.05) is 50.5 Å². The van der Waals surface area contributed by atoms with Gasteiger partial charge in [-0.25, -0.2) is 18.7 Å². The molecule has 1 fully saturated rings. The fraction of sp³-hybridized carbons (Fsp3) is 0.346. The second-order valence-electron chi connectivity index (χ2n) is 9.28. The van der Waals surface area contributed by atoms with E-state index in [-0.39, 0.29) is 23.0 Å². The maximum Gasteiger partial charge on any atom is 0.260 e. The monoisotopic (exact) mass is 509 g/mol. The number of aromatic nitrogens is 2. The lowest BCUT2D eigenvalue weighted by Gasteiger charge is -2.34. The lowest BCUT2D eigenvalue weighted by molar-refractivity contribution is 0.0960. The Balaban J connectivity index is 1.40. The average molecular weight is 510 g/mol. The van der Waals surface area contributed by atoms with E-state index in [1.165, 1.54) is 13.4 Å². The molecule has 3 aliphatic rings. The van der Waals surface area contributed by atoms with Gasteiger partial charge in [0.25, 0.3) is 5.91 Å². The van der Waals surface area contributed by atoms with E-state index in [9.17, 15) is 9.18 Å². The number of allylic oxidation sites excluding steroid dienone is 2. The Hall–Kier alpha value is -3.99. The number of carbonyl (C=O) groups is 1. The number of hydrogen-bond donors (Lipinski definition) is 3. The number of ether oxygens (including phenoxy) is 1. The van der Waals surface area contributed by atoms with E-state index in [2.05, 4.69) is 42.8 Å². The van der Waals surface area contributed by atoms with Gasteiger partial charge in [0.15, 0.2) is 17.4 Å². The first-order valence-electron chi connectivity index (χ1n) is 12.1. The average Bonchev–Trinajstić information content (AvgIpc) is 3.30. The number of benzene rings is 1. The summed E-state index contributed by atoms with van der Waals surface area (Å²) in [5.74, 6) is -2.93. The molecule has 1 aromatic heterocycles. The molecule has 0 bridgehead atoms. The number of nitrogens with one attached hydrogen (secondary N) is 3. The number of hydrogen-bond acceptors (Lipinski definition) is 8. The van der Waals surface area contributed by atoms with Crippen LogP contribution in [0.25, 0.3) is 0 Å². The van der Waals surface area contributed by atoms with Gasteiger partial charge in [0.1, 0.15) is 17.7 Å². The first-order chi connectivity index (χ1) is 17.8. The van der Waals surface area contributed by atoms with Crippen molar-refractivity contribution in [1.82, 2.24) is 25.5 Å². The summed E-state index contributed by atoms with van der Waals surface area (Å²) in [5.41, 5.74) is 2.45. The molecular formula is C26H29F2N7O2. The molecule has 11 heteroatoms. The normalized spacial score (nSPS) is 21.6. The van der Waals surface area contributed by atoms with Gasteiger partial charge >= 0.3 is 0 Å². The van der Waals surface area contributed by atoms with E-state index in [0.29, 0.717) is 11.4 Å². The molecule has 1 saturated heterocycles. The molecule has 2 unspecified atom stereocenters. The van der Waals surface area contributed by atoms with Crippen LogP contribution >= 0.6 is 0 Å². The van der Waals surface area contributed by atoms with Gasteiger partial charge in [-0.05, 0) is 38.2 Å². The molecule has 1 aliphatic carbocycles. The van der Waals surface area contributed by atoms with Gasteiger partial charge in [-0.2, -0.15) is 0 Å². The third kappa shape index (κ3) is 4.99. The van der Waals surface area contributed by atoms with Crippen LogP contribution in [0.15, 0.2) is 65.9 Å². The summed E-state index contributed by atoms with van der Waals surface area (Å²) in [6.07, 6.45) is 3.79. The van der Waals surface area contributed by atoms with Gasteiger partial charge in [0.05, 0.1) is 12.0 Å². The smallest absolute Gasteiger partial charge is 0.260 e. The highest BCUT2D eigenvalue weighted by Crippen LogP contribution is 2.38. The third-order valence-electron chi connectivity index (χ3n) is 6.74. The molecule has 0 radical (unpaired) electrons. The minimum Gasteiger partial charge on any atom is -0.435 e. The first-order valence-corrected chi connectivity index (χ1v) is 12.1. The van der Waals surface area contributed by atoms with Crippen molar-refractivity contribution in [2.24, 2.45) is 5.92 Å². The fourth-order valence-electron chi connectivity index (χ4n) is 4.67. The minimum absolute atomic E-state index is 0.0272. The standard InChI is InChI=1S/C26H29F2N7O2/c1-15-12-18-22(28)20(13-19(27)23(18)32-15)37-26-21(25(36)29-2)24(30-14-31-26)33-16-4-6-17(7-5-16)35-10-8-34(3)9-11-35/h4-7,12-14,18,23,32H,8-11H2,1-3H3,(H,29,36)(H,30,31,33). The minimum atomic E-state index is -0.832. The van der Waals surface area contributed by atoms with Gasteiger partial charge in [-0.15, -0.1) is 0 Å². The highest BCUT2D eigenvalue weighted by molar-refractivity contribution is 6.01. The number of fused-ring (bicyclic) bond motifs is 1. The number of piperazine rings is 1. The lowest BCUT2D eigenvalue weighted by Crippen LogP contribution is -2.44. The van der Waals surface area contributed by atoms with Crippen LogP contribution in [0, 0.1) is 5.92 Å². The Morgan fingerprint density at radius 3 is 2.57 bits per heavy atom. The zero-order valence-corrected chi connectivity index (χ0v) is 20.9. The van der Waals surface area contributed by atoms with Crippen LogP contribution in [0.2, 0.25) is 0 Å². The molecule has 3 N–H and O–H groups in total. The maximum atomic E-state index is 15.2. The van der Waals surface area contributed by atoms with Crippen molar-refractivity contribution < 1.29 is 18.3 Å². The van der Waals surface area contributed by atoms with Crippen LogP contribution in [0.1, 0.15) is 17.3 Å². The summed E-state index contributed by atoms with van der Waals surface area (Å²) in [6.45, 7) is 5.64. The second-order valence-corrected chi connectivity index (χ2v) is 9.28. The number of anilines is 3. The number of halogens is 2.